The zero-order valence-corrected chi connectivity index (χ0v) is 8.18. The molecule has 4 nitrogen and oxygen atoms in total. The molecule has 0 radical (unpaired) electrons. The van der Waals surface area contributed by atoms with Crippen LogP contribution in [-0.4, -0.2) is 16.2 Å². The van der Waals surface area contributed by atoms with Crippen molar-refractivity contribution >= 4 is 5.97 Å². The van der Waals surface area contributed by atoms with Crippen LogP contribution in [0.5, 0.6) is 0 Å². The number of rotatable bonds is 2. The second kappa shape index (κ2) is 3.91. The van der Waals surface area contributed by atoms with Gasteiger partial charge in [-0.15, -0.1) is 6.42 Å². The largest absolute Gasteiger partial charge is 0.475 e. The maximum Gasteiger partial charge on any atom is 0.374 e. The van der Waals surface area contributed by atoms with Gasteiger partial charge in [0.05, 0.1) is 0 Å². The molecule has 0 bridgehead atoms. The van der Waals surface area contributed by atoms with E-state index in [0.29, 0.717) is 5.69 Å². The van der Waals surface area contributed by atoms with E-state index >= 15 is 0 Å². The molecule has 0 fully saturated rings. The van der Waals surface area contributed by atoms with Crippen LogP contribution in [0.25, 0.3) is 11.3 Å². The van der Waals surface area contributed by atoms with Crippen molar-refractivity contribution in [2.24, 2.45) is 0 Å². The molecule has 0 saturated carbocycles. The zero-order chi connectivity index (χ0) is 11.5. The third-order valence-electron chi connectivity index (χ3n) is 2.07. The lowest BCUT2D eigenvalue weighted by Gasteiger charge is -1.94. The molecule has 1 N–H and O–H groups in total. The molecule has 0 aliphatic heterocycles. The fraction of sp³-hybridized carbons (Fsp3) is 0. The van der Waals surface area contributed by atoms with E-state index in [9.17, 15) is 4.79 Å². The van der Waals surface area contributed by atoms with E-state index in [1.165, 1.54) is 6.07 Å². The summed E-state index contributed by atoms with van der Waals surface area (Å²) in [6.07, 6.45) is 5.22. The lowest BCUT2D eigenvalue weighted by molar-refractivity contribution is 0.0652. The molecule has 0 atom stereocenters. The second-order valence-electron chi connectivity index (χ2n) is 3.10. The van der Waals surface area contributed by atoms with Crippen molar-refractivity contribution in [2.45, 2.75) is 0 Å². The third kappa shape index (κ3) is 1.79. The topological polar surface area (TPSA) is 63.3 Å². The Kier molecular flexibility index (Phi) is 2.44. The average Bonchev–Trinajstić information content (AvgIpc) is 2.78. The van der Waals surface area contributed by atoms with E-state index in [0.717, 1.165) is 11.1 Å². The minimum absolute atomic E-state index is 0.184. The molecular weight excluding hydrogens is 206 g/mol. The van der Waals surface area contributed by atoms with Gasteiger partial charge >= 0.3 is 5.97 Å². The van der Waals surface area contributed by atoms with Gasteiger partial charge in [-0.25, -0.2) is 4.79 Å². The van der Waals surface area contributed by atoms with Gasteiger partial charge in [0.1, 0.15) is 5.69 Å². The number of nitrogens with zero attached hydrogens (tertiary/aromatic N) is 1. The highest BCUT2D eigenvalue weighted by Gasteiger charge is 2.11. The van der Waals surface area contributed by atoms with E-state index in [2.05, 4.69) is 15.6 Å². The summed E-state index contributed by atoms with van der Waals surface area (Å²) in [5.41, 5.74) is 1.99. The average molecular weight is 213 g/mol. The summed E-state index contributed by atoms with van der Waals surface area (Å²) in [6, 6.07) is 8.40. The first-order valence-corrected chi connectivity index (χ1v) is 4.48. The van der Waals surface area contributed by atoms with Gasteiger partial charge in [-0.05, 0) is 12.1 Å². The van der Waals surface area contributed by atoms with E-state index in [4.69, 9.17) is 11.5 Å². The summed E-state index contributed by atoms with van der Waals surface area (Å²) < 4.78 is 4.65. The van der Waals surface area contributed by atoms with Gasteiger partial charge in [0, 0.05) is 17.2 Å². The van der Waals surface area contributed by atoms with Crippen LogP contribution >= 0.6 is 0 Å². The second-order valence-corrected chi connectivity index (χ2v) is 3.10. The molecule has 0 amide bonds. The fourth-order valence-corrected chi connectivity index (χ4v) is 1.25. The molecule has 2 rings (SSSR count). The van der Waals surface area contributed by atoms with Crippen LogP contribution in [0.1, 0.15) is 16.1 Å². The first kappa shape index (κ1) is 9.99. The molecular formula is C12H7NO3. The van der Waals surface area contributed by atoms with Gasteiger partial charge in [-0.1, -0.05) is 23.2 Å². The number of hydrogen-bond acceptors (Lipinski definition) is 3. The maximum absolute atomic E-state index is 10.6. The van der Waals surface area contributed by atoms with Gasteiger partial charge in [-0.2, -0.15) is 0 Å². The van der Waals surface area contributed by atoms with Crippen LogP contribution in [0, 0.1) is 12.3 Å². The lowest BCUT2D eigenvalue weighted by atomic mass is 10.1. The van der Waals surface area contributed by atoms with Crippen molar-refractivity contribution < 1.29 is 14.4 Å². The first-order chi connectivity index (χ1) is 7.70. The number of terminal acetylenes is 1. The number of aromatic nitrogens is 1. The van der Waals surface area contributed by atoms with Gasteiger partial charge in [-0.3, -0.25) is 0 Å². The van der Waals surface area contributed by atoms with Crippen molar-refractivity contribution in [2.75, 3.05) is 0 Å². The van der Waals surface area contributed by atoms with E-state index in [1.54, 1.807) is 24.3 Å². The number of benzene rings is 1. The van der Waals surface area contributed by atoms with Crippen LogP contribution in [0.2, 0.25) is 0 Å². The van der Waals surface area contributed by atoms with Crippen LogP contribution in [-0.2, 0) is 0 Å². The number of hydrogen-bond donors (Lipinski definition) is 1. The molecule has 16 heavy (non-hydrogen) atoms. The standard InChI is InChI=1S/C12H7NO3/c1-2-8-3-5-9(6-4-8)10-7-11(12(14)15)16-13-10/h1,3-7H,(H,14,15). The molecule has 1 heterocycles. The minimum atomic E-state index is -1.14. The normalized spacial score (nSPS) is 9.69. The summed E-state index contributed by atoms with van der Waals surface area (Å²) in [5, 5.41) is 12.3. The Hall–Kier alpha value is -2.54. The van der Waals surface area contributed by atoms with E-state index in [1.807, 2.05) is 0 Å². The molecule has 1 aromatic heterocycles. The zero-order valence-electron chi connectivity index (χ0n) is 8.18. The highest BCUT2D eigenvalue weighted by molar-refractivity contribution is 5.85. The third-order valence-corrected chi connectivity index (χ3v) is 2.07. The summed E-state index contributed by atoms with van der Waals surface area (Å²) in [5.74, 6) is 1.17. The SMILES string of the molecule is C#Cc1ccc(-c2cc(C(=O)O)on2)cc1. The summed E-state index contributed by atoms with van der Waals surface area (Å²) >= 11 is 0. The molecule has 78 valence electrons. The predicted molar refractivity (Wildman–Crippen MR) is 56.8 cm³/mol. The van der Waals surface area contributed by atoms with Crippen molar-refractivity contribution in [3.8, 4) is 23.6 Å². The fourth-order valence-electron chi connectivity index (χ4n) is 1.25. The summed E-state index contributed by atoms with van der Waals surface area (Å²) in [7, 11) is 0. The maximum atomic E-state index is 10.6. The number of carbonyl (C=O) groups is 1. The predicted octanol–water partition coefficient (Wildman–Crippen LogP) is 2.02. The molecule has 4 heteroatoms. The highest BCUT2D eigenvalue weighted by Crippen LogP contribution is 2.19. The molecule has 0 aliphatic carbocycles. The number of aromatic carboxylic acids is 1. The molecule has 2 aromatic rings. The van der Waals surface area contributed by atoms with Crippen molar-refractivity contribution in [3.63, 3.8) is 0 Å². The Labute approximate surface area is 91.5 Å². The number of carboxylic acid groups (broad SMARTS) is 1. The smallest absolute Gasteiger partial charge is 0.374 e. The van der Waals surface area contributed by atoms with Crippen molar-refractivity contribution in [3.05, 3.63) is 41.7 Å². The van der Waals surface area contributed by atoms with Gasteiger partial charge in [0.2, 0.25) is 5.76 Å². The van der Waals surface area contributed by atoms with Crippen LogP contribution in [0.4, 0.5) is 0 Å². The Morgan fingerprint density at radius 3 is 2.56 bits per heavy atom. The Morgan fingerprint density at radius 1 is 1.38 bits per heavy atom. The van der Waals surface area contributed by atoms with Crippen molar-refractivity contribution in [1.82, 2.24) is 5.16 Å². The molecule has 1 aromatic carbocycles. The van der Waals surface area contributed by atoms with Gasteiger partial charge < -0.3 is 9.63 Å². The van der Waals surface area contributed by atoms with Gasteiger partial charge in [0.25, 0.3) is 0 Å². The molecule has 0 spiro atoms. The van der Waals surface area contributed by atoms with E-state index < -0.39 is 5.97 Å². The first-order valence-electron chi connectivity index (χ1n) is 4.48. The monoisotopic (exact) mass is 213 g/mol. The van der Waals surface area contributed by atoms with Crippen LogP contribution in [0.3, 0.4) is 0 Å². The summed E-state index contributed by atoms with van der Waals surface area (Å²) in [4.78, 5) is 10.6. The van der Waals surface area contributed by atoms with E-state index in [-0.39, 0.29) is 5.76 Å². The minimum Gasteiger partial charge on any atom is -0.475 e. The van der Waals surface area contributed by atoms with Crippen LogP contribution < -0.4 is 0 Å². The molecule has 0 unspecified atom stereocenters. The summed E-state index contributed by atoms with van der Waals surface area (Å²) in [6.45, 7) is 0. The molecule has 0 saturated heterocycles. The van der Waals surface area contributed by atoms with Crippen LogP contribution in [0.15, 0.2) is 34.9 Å². The highest BCUT2D eigenvalue weighted by atomic mass is 16.5. The molecule has 0 aliphatic rings. The Morgan fingerprint density at radius 2 is 2.06 bits per heavy atom. The quantitative estimate of drug-likeness (QED) is 0.775. The van der Waals surface area contributed by atoms with Crippen molar-refractivity contribution in [1.29, 1.82) is 0 Å². The Bertz CT molecular complexity index is 561. The lowest BCUT2D eigenvalue weighted by Crippen LogP contribution is -1.91. The van der Waals surface area contributed by atoms with Gasteiger partial charge in [0.15, 0.2) is 0 Å². The Balaban J connectivity index is 2.36. The number of carboxylic acids is 1.